The molecule has 0 radical (unpaired) electrons. The lowest BCUT2D eigenvalue weighted by Gasteiger charge is -2.18. The van der Waals surface area contributed by atoms with E-state index < -0.39 is 0 Å². The molecule has 1 N–H and O–H groups in total. The summed E-state index contributed by atoms with van der Waals surface area (Å²) >= 11 is 0. The number of hydrogen-bond donors (Lipinski definition) is 1. The second-order valence-corrected chi connectivity index (χ2v) is 6.92. The molecular weight excluding hydrogens is 314 g/mol. The lowest BCUT2D eigenvalue weighted by molar-refractivity contribution is -0.122. The van der Waals surface area contributed by atoms with Crippen LogP contribution in [0.4, 0.5) is 0 Å². The van der Waals surface area contributed by atoms with Crippen LogP contribution in [0.15, 0.2) is 59.4 Å². The summed E-state index contributed by atoms with van der Waals surface area (Å²) in [6.07, 6.45) is 6.95. The molecule has 0 unspecified atom stereocenters. The van der Waals surface area contributed by atoms with Gasteiger partial charge >= 0.3 is 0 Å². The van der Waals surface area contributed by atoms with E-state index in [9.17, 15) is 9.59 Å². The number of amides is 1. The fourth-order valence-electron chi connectivity index (χ4n) is 3.89. The van der Waals surface area contributed by atoms with E-state index >= 15 is 0 Å². The van der Waals surface area contributed by atoms with Crippen molar-refractivity contribution in [3.63, 3.8) is 0 Å². The molecule has 1 aromatic heterocycles. The van der Waals surface area contributed by atoms with E-state index in [-0.39, 0.29) is 18.0 Å². The minimum Gasteiger partial charge on any atom is -0.354 e. The zero-order valence-corrected chi connectivity index (χ0v) is 14.0. The van der Waals surface area contributed by atoms with E-state index in [0.717, 1.165) is 12.0 Å². The van der Waals surface area contributed by atoms with Crippen molar-refractivity contribution in [2.45, 2.75) is 19.4 Å². The van der Waals surface area contributed by atoms with Gasteiger partial charge in [0.25, 0.3) is 5.56 Å². The van der Waals surface area contributed by atoms with Gasteiger partial charge in [-0.1, -0.05) is 42.5 Å². The summed E-state index contributed by atoms with van der Waals surface area (Å²) in [6, 6.07) is 12.8. The maximum atomic E-state index is 12.2. The highest BCUT2D eigenvalue weighted by Crippen LogP contribution is 2.42. The summed E-state index contributed by atoms with van der Waals surface area (Å²) in [6.45, 7) is 0.633. The monoisotopic (exact) mass is 335 g/mol. The standard InChI is InChI=1S/C20H21N3O2/c24-19(21-12-17-11-14-6-7-16(17)10-14)13-23-20(25)9-8-18(22-23)15-4-2-1-3-5-15/h1-9,14,16-17H,10-13H2,(H,21,24)/t14-,16-,17+/m0/s1. The van der Waals surface area contributed by atoms with Crippen LogP contribution < -0.4 is 10.9 Å². The lowest BCUT2D eigenvalue weighted by atomic mass is 9.94. The van der Waals surface area contributed by atoms with E-state index in [0.29, 0.717) is 30.0 Å². The SMILES string of the molecule is O=C(Cn1nc(-c2ccccc2)ccc1=O)NC[C@H]1C[C@H]2C=C[C@H]1C2. The largest absolute Gasteiger partial charge is 0.354 e. The molecule has 5 heteroatoms. The normalized spacial score (nSPS) is 23.8. The van der Waals surface area contributed by atoms with Crippen LogP contribution in [0.2, 0.25) is 0 Å². The number of nitrogens with one attached hydrogen (secondary N) is 1. The Kier molecular flexibility index (Phi) is 4.22. The number of benzene rings is 1. The van der Waals surface area contributed by atoms with E-state index in [4.69, 9.17) is 0 Å². The van der Waals surface area contributed by atoms with Crippen LogP contribution in [0.25, 0.3) is 11.3 Å². The molecule has 0 aliphatic heterocycles. The first-order chi connectivity index (χ1) is 12.2. The van der Waals surface area contributed by atoms with Crippen LogP contribution in [-0.2, 0) is 11.3 Å². The first-order valence-electron chi connectivity index (χ1n) is 8.77. The highest BCUT2D eigenvalue weighted by molar-refractivity contribution is 5.75. The van der Waals surface area contributed by atoms with Gasteiger partial charge in [-0.05, 0) is 36.7 Å². The van der Waals surface area contributed by atoms with Crippen molar-refractivity contribution in [2.24, 2.45) is 17.8 Å². The van der Waals surface area contributed by atoms with Crippen LogP contribution in [0.5, 0.6) is 0 Å². The Hall–Kier alpha value is -2.69. The molecule has 2 aliphatic rings. The van der Waals surface area contributed by atoms with Gasteiger partial charge in [-0.3, -0.25) is 9.59 Å². The Morgan fingerprint density at radius 2 is 1.96 bits per heavy atom. The van der Waals surface area contributed by atoms with Gasteiger partial charge in [-0.15, -0.1) is 0 Å². The third-order valence-electron chi connectivity index (χ3n) is 5.21. The van der Waals surface area contributed by atoms with E-state index in [1.54, 1.807) is 6.07 Å². The van der Waals surface area contributed by atoms with E-state index in [2.05, 4.69) is 22.6 Å². The van der Waals surface area contributed by atoms with Gasteiger partial charge in [0.05, 0.1) is 5.69 Å². The van der Waals surface area contributed by atoms with Crippen LogP contribution in [0, 0.1) is 17.8 Å². The Morgan fingerprint density at radius 3 is 2.68 bits per heavy atom. The van der Waals surface area contributed by atoms with Gasteiger partial charge in [0.1, 0.15) is 6.54 Å². The summed E-state index contributed by atoms with van der Waals surface area (Å²) in [5.74, 6) is 1.66. The average Bonchev–Trinajstić information content (AvgIpc) is 3.26. The minimum absolute atomic E-state index is 0.0455. The molecule has 2 aromatic rings. The first kappa shape index (κ1) is 15.8. The quantitative estimate of drug-likeness (QED) is 0.852. The number of allylic oxidation sites excluding steroid dienone is 2. The summed E-state index contributed by atoms with van der Waals surface area (Å²) < 4.78 is 1.23. The Bertz CT molecular complexity index is 857. The Balaban J connectivity index is 1.40. The molecule has 4 rings (SSSR count). The molecule has 5 nitrogen and oxygen atoms in total. The molecule has 1 heterocycles. The molecule has 1 amide bonds. The van der Waals surface area contributed by atoms with Crippen LogP contribution >= 0.6 is 0 Å². The van der Waals surface area contributed by atoms with Gasteiger partial charge in [-0.25, -0.2) is 4.68 Å². The number of aromatic nitrogens is 2. The second-order valence-electron chi connectivity index (χ2n) is 6.92. The number of hydrogen-bond acceptors (Lipinski definition) is 3. The van der Waals surface area contributed by atoms with Crippen molar-refractivity contribution in [1.29, 1.82) is 0 Å². The fraction of sp³-hybridized carbons (Fsp3) is 0.350. The lowest BCUT2D eigenvalue weighted by Crippen LogP contribution is -2.36. The third kappa shape index (κ3) is 3.40. The molecule has 1 fully saturated rings. The van der Waals surface area contributed by atoms with E-state index in [1.165, 1.54) is 17.2 Å². The Labute approximate surface area is 146 Å². The Morgan fingerprint density at radius 1 is 1.12 bits per heavy atom. The number of nitrogens with zero attached hydrogens (tertiary/aromatic N) is 2. The van der Waals surface area contributed by atoms with Gasteiger partial charge in [-0.2, -0.15) is 5.10 Å². The van der Waals surface area contributed by atoms with Gasteiger partial charge < -0.3 is 5.32 Å². The van der Waals surface area contributed by atoms with Crippen molar-refractivity contribution in [3.05, 3.63) is 65.0 Å². The molecule has 0 spiro atoms. The zero-order valence-electron chi connectivity index (χ0n) is 14.0. The maximum Gasteiger partial charge on any atom is 0.267 e. The van der Waals surface area contributed by atoms with Crippen molar-refractivity contribution >= 4 is 5.91 Å². The van der Waals surface area contributed by atoms with Crippen LogP contribution in [0.3, 0.4) is 0 Å². The van der Waals surface area contributed by atoms with Crippen molar-refractivity contribution in [3.8, 4) is 11.3 Å². The topological polar surface area (TPSA) is 64.0 Å². The molecule has 128 valence electrons. The van der Waals surface area contributed by atoms with Crippen LogP contribution in [-0.4, -0.2) is 22.2 Å². The van der Waals surface area contributed by atoms with Crippen molar-refractivity contribution in [1.82, 2.24) is 15.1 Å². The molecule has 25 heavy (non-hydrogen) atoms. The van der Waals surface area contributed by atoms with Gasteiger partial charge in [0.2, 0.25) is 5.91 Å². The molecule has 2 bridgehead atoms. The molecule has 1 saturated carbocycles. The zero-order chi connectivity index (χ0) is 17.2. The predicted octanol–water partition coefficient (Wildman–Crippen LogP) is 2.24. The number of carbonyl (C=O) groups excluding carboxylic acids is 1. The predicted molar refractivity (Wildman–Crippen MR) is 95.8 cm³/mol. The molecule has 2 aliphatic carbocycles. The van der Waals surface area contributed by atoms with E-state index in [1.807, 2.05) is 30.3 Å². The number of carbonyl (C=O) groups is 1. The third-order valence-corrected chi connectivity index (χ3v) is 5.21. The summed E-state index contributed by atoms with van der Waals surface area (Å²) in [5, 5.41) is 7.30. The second kappa shape index (κ2) is 6.67. The summed E-state index contributed by atoms with van der Waals surface area (Å²) in [7, 11) is 0. The number of rotatable bonds is 5. The van der Waals surface area contributed by atoms with Crippen molar-refractivity contribution < 1.29 is 4.79 Å². The smallest absolute Gasteiger partial charge is 0.267 e. The first-order valence-corrected chi connectivity index (χ1v) is 8.77. The summed E-state index contributed by atoms with van der Waals surface area (Å²) in [4.78, 5) is 24.3. The molecular formula is C20H21N3O2. The summed E-state index contributed by atoms with van der Waals surface area (Å²) in [5.41, 5.74) is 1.34. The average molecular weight is 335 g/mol. The van der Waals surface area contributed by atoms with Crippen LogP contribution in [0.1, 0.15) is 12.8 Å². The highest BCUT2D eigenvalue weighted by Gasteiger charge is 2.35. The molecule has 1 aromatic carbocycles. The minimum atomic E-state index is -0.266. The van der Waals surface area contributed by atoms with Gasteiger partial charge in [0.15, 0.2) is 0 Å². The molecule has 3 atom stereocenters. The number of fused-ring (bicyclic) bond motifs is 2. The highest BCUT2D eigenvalue weighted by atomic mass is 16.2. The van der Waals surface area contributed by atoms with Gasteiger partial charge in [0, 0.05) is 18.2 Å². The fourth-order valence-corrected chi connectivity index (χ4v) is 3.89. The van der Waals surface area contributed by atoms with Crippen molar-refractivity contribution in [2.75, 3.05) is 6.54 Å². The maximum absolute atomic E-state index is 12.2. The molecule has 0 saturated heterocycles.